The molecule has 0 fully saturated rings. The minimum Gasteiger partial charge on any atom is -0.384 e. The summed E-state index contributed by atoms with van der Waals surface area (Å²) in [5, 5.41) is 7.45. The first-order valence-electron chi connectivity index (χ1n) is 9.49. The maximum Gasteiger partial charge on any atom is 0.156 e. The Morgan fingerprint density at radius 2 is 2.17 bits per heavy atom. The average molecular weight is 391 g/mol. The highest BCUT2D eigenvalue weighted by atomic mass is 16.5. The SMILES string of the molecule is C=C(CCOC)NCc1cccc(-c2cc3c(nc(NC)c4ncn(C)c43)[nH]2)n1. The lowest BCUT2D eigenvalue weighted by atomic mass is 10.2. The van der Waals surface area contributed by atoms with E-state index in [1.165, 1.54) is 0 Å². The summed E-state index contributed by atoms with van der Waals surface area (Å²) in [7, 11) is 5.53. The molecule has 4 rings (SSSR count). The van der Waals surface area contributed by atoms with Crippen LogP contribution in [-0.2, 0) is 18.3 Å². The molecule has 0 aromatic carbocycles. The summed E-state index contributed by atoms with van der Waals surface area (Å²) in [5.41, 5.74) is 6.36. The number of hydrogen-bond acceptors (Lipinski definition) is 6. The van der Waals surface area contributed by atoms with Crippen LogP contribution in [0.4, 0.5) is 5.82 Å². The molecule has 3 N–H and O–H groups in total. The first-order valence-corrected chi connectivity index (χ1v) is 9.49. The molecule has 0 bridgehead atoms. The van der Waals surface area contributed by atoms with Crippen molar-refractivity contribution in [1.29, 1.82) is 0 Å². The third-order valence-corrected chi connectivity index (χ3v) is 4.88. The van der Waals surface area contributed by atoms with E-state index >= 15 is 0 Å². The third kappa shape index (κ3) is 3.66. The zero-order valence-electron chi connectivity index (χ0n) is 16.9. The number of aromatic amines is 1. The number of fused-ring (bicyclic) bond motifs is 3. The number of anilines is 1. The molecule has 0 aliphatic rings. The lowest BCUT2D eigenvalue weighted by Crippen LogP contribution is -2.14. The molecular formula is C21H25N7O. The van der Waals surface area contributed by atoms with Gasteiger partial charge in [0.2, 0.25) is 0 Å². The Morgan fingerprint density at radius 1 is 1.31 bits per heavy atom. The Balaban J connectivity index is 1.66. The minimum absolute atomic E-state index is 0.616. The van der Waals surface area contributed by atoms with Crippen LogP contribution in [-0.4, -0.2) is 45.3 Å². The van der Waals surface area contributed by atoms with Crippen LogP contribution in [0.3, 0.4) is 0 Å². The number of nitrogens with one attached hydrogen (secondary N) is 3. The van der Waals surface area contributed by atoms with Crippen molar-refractivity contribution in [2.24, 2.45) is 7.05 Å². The summed E-state index contributed by atoms with van der Waals surface area (Å²) in [6.07, 6.45) is 2.58. The van der Waals surface area contributed by atoms with E-state index in [1.54, 1.807) is 13.4 Å². The van der Waals surface area contributed by atoms with Gasteiger partial charge < -0.3 is 24.9 Å². The quantitative estimate of drug-likeness (QED) is 0.427. The number of aromatic nitrogens is 5. The molecule has 0 radical (unpaired) electrons. The molecule has 0 aliphatic heterocycles. The maximum absolute atomic E-state index is 5.08. The molecule has 4 aromatic rings. The van der Waals surface area contributed by atoms with Crippen LogP contribution >= 0.6 is 0 Å². The van der Waals surface area contributed by atoms with E-state index in [-0.39, 0.29) is 0 Å². The predicted octanol–water partition coefficient (Wildman–Crippen LogP) is 3.19. The highest BCUT2D eigenvalue weighted by Crippen LogP contribution is 2.31. The normalized spacial score (nSPS) is 11.3. The molecule has 0 amide bonds. The second kappa shape index (κ2) is 7.92. The Kier molecular flexibility index (Phi) is 5.18. The summed E-state index contributed by atoms with van der Waals surface area (Å²) in [5.74, 6) is 0.752. The maximum atomic E-state index is 5.08. The number of ether oxygens (including phenoxy) is 1. The summed E-state index contributed by atoms with van der Waals surface area (Å²) in [4.78, 5) is 17.4. The molecule has 0 saturated carbocycles. The summed E-state index contributed by atoms with van der Waals surface area (Å²) < 4.78 is 7.09. The molecule has 8 nitrogen and oxygen atoms in total. The average Bonchev–Trinajstić information content (AvgIpc) is 3.33. The van der Waals surface area contributed by atoms with Crippen LogP contribution in [0, 0.1) is 0 Å². The Morgan fingerprint density at radius 3 is 2.97 bits per heavy atom. The Hall–Kier alpha value is -3.39. The standard InChI is InChI=1S/C21H25N7O/c1-13(8-9-29-4)23-11-14-6-5-7-16(25-14)17-10-15-19-18(24-12-28(19)3)21(22-2)27-20(15)26-17/h5-7,10,12,23H,1,8-9,11H2,2-4H3,(H2,22,26,27). The van der Waals surface area contributed by atoms with Gasteiger partial charge in [0.25, 0.3) is 0 Å². The van der Waals surface area contributed by atoms with Gasteiger partial charge in [-0.3, -0.25) is 0 Å². The monoisotopic (exact) mass is 391 g/mol. The zero-order valence-corrected chi connectivity index (χ0v) is 16.9. The molecule has 8 heteroatoms. The van der Waals surface area contributed by atoms with E-state index in [4.69, 9.17) is 9.72 Å². The van der Waals surface area contributed by atoms with E-state index in [0.717, 1.165) is 57.1 Å². The van der Waals surface area contributed by atoms with Crippen molar-refractivity contribution < 1.29 is 4.74 Å². The summed E-state index contributed by atoms with van der Waals surface area (Å²) in [6, 6.07) is 8.09. The number of hydrogen-bond donors (Lipinski definition) is 3. The molecule has 0 aliphatic carbocycles. The van der Waals surface area contributed by atoms with Gasteiger partial charge in [-0.2, -0.15) is 0 Å². The van der Waals surface area contributed by atoms with Crippen molar-refractivity contribution in [3.8, 4) is 11.4 Å². The number of H-pyrrole nitrogens is 1. The Labute approximate surface area is 169 Å². The smallest absolute Gasteiger partial charge is 0.156 e. The first-order chi connectivity index (χ1) is 14.1. The number of nitrogens with zero attached hydrogens (tertiary/aromatic N) is 4. The van der Waals surface area contributed by atoms with E-state index in [1.807, 2.05) is 36.9 Å². The van der Waals surface area contributed by atoms with Gasteiger partial charge in [0.15, 0.2) is 5.82 Å². The van der Waals surface area contributed by atoms with Crippen molar-refractivity contribution in [1.82, 2.24) is 29.8 Å². The van der Waals surface area contributed by atoms with Crippen LogP contribution in [0.1, 0.15) is 12.1 Å². The van der Waals surface area contributed by atoms with Gasteiger partial charge in [0.1, 0.15) is 11.2 Å². The number of rotatable bonds is 8. The van der Waals surface area contributed by atoms with Gasteiger partial charge in [0.05, 0.1) is 42.1 Å². The van der Waals surface area contributed by atoms with Crippen LogP contribution < -0.4 is 10.6 Å². The van der Waals surface area contributed by atoms with Crippen LogP contribution in [0.5, 0.6) is 0 Å². The van der Waals surface area contributed by atoms with Crippen molar-refractivity contribution in [2.45, 2.75) is 13.0 Å². The highest BCUT2D eigenvalue weighted by Gasteiger charge is 2.15. The second-order valence-electron chi connectivity index (χ2n) is 6.92. The van der Waals surface area contributed by atoms with Gasteiger partial charge in [-0.25, -0.2) is 15.0 Å². The molecule has 0 saturated heterocycles. The summed E-state index contributed by atoms with van der Waals surface area (Å²) in [6.45, 7) is 5.28. The van der Waals surface area contributed by atoms with Crippen molar-refractivity contribution in [2.75, 3.05) is 26.1 Å². The molecular weight excluding hydrogens is 366 g/mol. The van der Waals surface area contributed by atoms with Gasteiger partial charge >= 0.3 is 0 Å². The zero-order chi connectivity index (χ0) is 20.4. The van der Waals surface area contributed by atoms with Crippen molar-refractivity contribution in [3.05, 3.63) is 48.6 Å². The molecule has 4 aromatic heterocycles. The molecule has 150 valence electrons. The molecule has 29 heavy (non-hydrogen) atoms. The minimum atomic E-state index is 0.616. The van der Waals surface area contributed by atoms with E-state index in [9.17, 15) is 0 Å². The molecule has 0 atom stereocenters. The fourth-order valence-electron chi connectivity index (χ4n) is 3.37. The van der Waals surface area contributed by atoms with Gasteiger partial charge in [-0.05, 0) is 18.2 Å². The predicted molar refractivity (Wildman–Crippen MR) is 116 cm³/mol. The lowest BCUT2D eigenvalue weighted by Gasteiger charge is -2.09. The second-order valence-corrected chi connectivity index (χ2v) is 6.92. The lowest BCUT2D eigenvalue weighted by molar-refractivity contribution is 0.200. The number of pyridine rings is 2. The Bertz CT molecular complexity index is 1170. The first kappa shape index (κ1) is 18.9. The van der Waals surface area contributed by atoms with E-state index in [0.29, 0.717) is 13.2 Å². The van der Waals surface area contributed by atoms with E-state index in [2.05, 4.69) is 38.2 Å². The molecule has 0 spiro atoms. The fourth-order valence-corrected chi connectivity index (χ4v) is 3.37. The topological polar surface area (TPSA) is 92.7 Å². The number of methoxy groups -OCH3 is 1. The molecule has 4 heterocycles. The highest BCUT2D eigenvalue weighted by molar-refractivity contribution is 6.07. The summed E-state index contributed by atoms with van der Waals surface area (Å²) >= 11 is 0. The number of aryl methyl sites for hydroxylation is 1. The largest absolute Gasteiger partial charge is 0.384 e. The van der Waals surface area contributed by atoms with Gasteiger partial charge in [-0.15, -0.1) is 0 Å². The van der Waals surface area contributed by atoms with Crippen LogP contribution in [0.15, 0.2) is 42.9 Å². The third-order valence-electron chi connectivity index (χ3n) is 4.88. The van der Waals surface area contributed by atoms with Crippen molar-refractivity contribution in [3.63, 3.8) is 0 Å². The fraction of sp³-hybridized carbons (Fsp3) is 0.286. The van der Waals surface area contributed by atoms with E-state index < -0.39 is 0 Å². The van der Waals surface area contributed by atoms with Gasteiger partial charge in [0, 0.05) is 38.7 Å². The van der Waals surface area contributed by atoms with Gasteiger partial charge in [-0.1, -0.05) is 12.6 Å². The van der Waals surface area contributed by atoms with Crippen LogP contribution in [0.2, 0.25) is 0 Å². The number of imidazole rings is 1. The molecule has 0 unspecified atom stereocenters. The van der Waals surface area contributed by atoms with Crippen LogP contribution in [0.25, 0.3) is 33.5 Å². The van der Waals surface area contributed by atoms with Crippen molar-refractivity contribution >= 4 is 27.9 Å².